The van der Waals surface area contributed by atoms with Gasteiger partial charge in [-0.15, -0.1) is 0 Å². The summed E-state index contributed by atoms with van der Waals surface area (Å²) in [6, 6.07) is 10.4. The smallest absolute Gasteiger partial charge is 0.335 e. The Morgan fingerprint density at radius 2 is 1.89 bits per heavy atom. The molecule has 0 aliphatic rings. The average Bonchev–Trinajstić information content (AvgIpc) is 2.38. The minimum atomic E-state index is -0.996. The molecule has 98 valence electrons. The van der Waals surface area contributed by atoms with Gasteiger partial charge in [0.1, 0.15) is 6.61 Å². The van der Waals surface area contributed by atoms with Gasteiger partial charge in [-0.3, -0.25) is 0 Å². The second-order valence-electron chi connectivity index (χ2n) is 3.84. The summed E-state index contributed by atoms with van der Waals surface area (Å²) in [6.45, 7) is 0.112. The Kier molecular flexibility index (Phi) is 4.02. The topological polar surface area (TPSA) is 46.5 Å². The molecule has 0 atom stereocenters. The third kappa shape index (κ3) is 3.23. The van der Waals surface area contributed by atoms with Gasteiger partial charge in [0.05, 0.1) is 10.6 Å². The zero-order valence-electron chi connectivity index (χ0n) is 9.77. The number of halogens is 2. The van der Waals surface area contributed by atoms with E-state index in [0.29, 0.717) is 0 Å². The highest BCUT2D eigenvalue weighted by Gasteiger charge is 2.08. The highest BCUT2D eigenvalue weighted by atomic mass is 35.5. The van der Waals surface area contributed by atoms with Gasteiger partial charge >= 0.3 is 5.97 Å². The maximum atomic E-state index is 13.4. The van der Waals surface area contributed by atoms with Crippen LogP contribution < -0.4 is 4.74 Å². The maximum absolute atomic E-state index is 13.4. The molecular formula is C14H10ClFO3. The number of hydrogen-bond acceptors (Lipinski definition) is 2. The van der Waals surface area contributed by atoms with Crippen molar-refractivity contribution in [3.05, 3.63) is 64.4 Å². The summed E-state index contributed by atoms with van der Waals surface area (Å²) in [5, 5.41) is 8.95. The molecule has 0 saturated carbocycles. The first kappa shape index (κ1) is 13.4. The van der Waals surface area contributed by atoms with E-state index in [1.807, 2.05) is 0 Å². The second kappa shape index (κ2) is 5.71. The number of aromatic carboxylic acids is 1. The summed E-state index contributed by atoms with van der Waals surface area (Å²) in [6.07, 6.45) is 0. The third-order valence-electron chi connectivity index (χ3n) is 2.50. The lowest BCUT2D eigenvalue weighted by Crippen LogP contribution is -2.00. The number of carbonyl (C=O) groups is 1. The number of carboxylic acid groups (broad SMARTS) is 1. The Bertz CT molecular complexity index is 576. The van der Waals surface area contributed by atoms with Gasteiger partial charge in [-0.25, -0.2) is 9.18 Å². The van der Waals surface area contributed by atoms with Gasteiger partial charge in [0.2, 0.25) is 0 Å². The predicted octanol–water partition coefficient (Wildman–Crippen LogP) is 3.76. The molecule has 0 aromatic heterocycles. The van der Waals surface area contributed by atoms with Gasteiger partial charge < -0.3 is 9.84 Å². The Labute approximate surface area is 114 Å². The van der Waals surface area contributed by atoms with Crippen molar-refractivity contribution in [3.63, 3.8) is 0 Å². The van der Waals surface area contributed by atoms with Crippen molar-refractivity contribution in [2.24, 2.45) is 0 Å². The zero-order valence-corrected chi connectivity index (χ0v) is 10.5. The SMILES string of the molecule is O=C(O)c1ccc(COc2c(F)cccc2Cl)cc1. The monoisotopic (exact) mass is 280 g/mol. The van der Waals surface area contributed by atoms with Crippen molar-refractivity contribution in [1.82, 2.24) is 0 Å². The van der Waals surface area contributed by atoms with Crippen molar-refractivity contribution in [2.45, 2.75) is 6.61 Å². The lowest BCUT2D eigenvalue weighted by atomic mass is 10.1. The molecule has 0 spiro atoms. The van der Waals surface area contributed by atoms with E-state index in [-0.39, 0.29) is 22.9 Å². The fourth-order valence-electron chi connectivity index (χ4n) is 1.52. The molecule has 0 aliphatic carbocycles. The molecule has 19 heavy (non-hydrogen) atoms. The van der Waals surface area contributed by atoms with Gasteiger partial charge in [0, 0.05) is 0 Å². The van der Waals surface area contributed by atoms with Gasteiger partial charge in [-0.1, -0.05) is 29.8 Å². The normalized spacial score (nSPS) is 10.2. The zero-order chi connectivity index (χ0) is 13.8. The molecule has 0 heterocycles. The van der Waals surface area contributed by atoms with Crippen molar-refractivity contribution in [1.29, 1.82) is 0 Å². The number of ether oxygens (including phenoxy) is 1. The molecular weight excluding hydrogens is 271 g/mol. The van der Waals surface area contributed by atoms with Crippen LogP contribution in [0.1, 0.15) is 15.9 Å². The summed E-state index contributed by atoms with van der Waals surface area (Å²) in [5.74, 6) is -1.54. The molecule has 0 amide bonds. The molecule has 0 radical (unpaired) electrons. The quantitative estimate of drug-likeness (QED) is 0.927. The van der Waals surface area contributed by atoms with E-state index in [0.717, 1.165) is 5.56 Å². The number of hydrogen-bond donors (Lipinski definition) is 1. The largest absolute Gasteiger partial charge is 0.484 e. The van der Waals surface area contributed by atoms with E-state index in [9.17, 15) is 9.18 Å². The van der Waals surface area contributed by atoms with E-state index >= 15 is 0 Å². The highest BCUT2D eigenvalue weighted by molar-refractivity contribution is 6.32. The first-order valence-corrected chi connectivity index (χ1v) is 5.85. The molecule has 2 rings (SSSR count). The lowest BCUT2D eigenvalue weighted by Gasteiger charge is -2.09. The first-order chi connectivity index (χ1) is 9.08. The van der Waals surface area contributed by atoms with Crippen LogP contribution in [0.15, 0.2) is 42.5 Å². The fraction of sp³-hybridized carbons (Fsp3) is 0.0714. The second-order valence-corrected chi connectivity index (χ2v) is 4.25. The summed E-state index contributed by atoms with van der Waals surface area (Å²) in [7, 11) is 0. The lowest BCUT2D eigenvalue weighted by molar-refractivity contribution is 0.0697. The van der Waals surface area contributed by atoms with Gasteiger partial charge in [0.25, 0.3) is 0 Å². The van der Waals surface area contributed by atoms with Crippen molar-refractivity contribution < 1.29 is 19.0 Å². The molecule has 2 aromatic rings. The van der Waals surface area contributed by atoms with Gasteiger partial charge in [-0.05, 0) is 29.8 Å². The van der Waals surface area contributed by atoms with E-state index in [4.69, 9.17) is 21.4 Å². The van der Waals surface area contributed by atoms with Crippen LogP contribution in [0.5, 0.6) is 5.75 Å². The molecule has 2 aromatic carbocycles. The Morgan fingerprint density at radius 1 is 1.21 bits per heavy atom. The summed E-state index contributed by atoms with van der Waals surface area (Å²) in [4.78, 5) is 10.7. The molecule has 0 aliphatic heterocycles. The minimum absolute atomic E-state index is 0.00789. The van der Waals surface area contributed by atoms with Crippen LogP contribution in [0.3, 0.4) is 0 Å². The van der Waals surface area contributed by atoms with E-state index in [1.165, 1.54) is 30.3 Å². The fourth-order valence-corrected chi connectivity index (χ4v) is 1.74. The molecule has 0 bridgehead atoms. The van der Waals surface area contributed by atoms with Gasteiger partial charge in [-0.2, -0.15) is 0 Å². The predicted molar refractivity (Wildman–Crippen MR) is 69.1 cm³/mol. The van der Waals surface area contributed by atoms with Crippen LogP contribution in [-0.2, 0) is 6.61 Å². The Morgan fingerprint density at radius 3 is 2.47 bits per heavy atom. The molecule has 0 fully saturated rings. The summed E-state index contributed by atoms with van der Waals surface area (Å²) in [5.41, 5.74) is 0.914. The Balaban J connectivity index is 2.08. The van der Waals surface area contributed by atoms with Crippen LogP contribution in [0.4, 0.5) is 4.39 Å². The first-order valence-electron chi connectivity index (χ1n) is 5.47. The van der Waals surface area contributed by atoms with Crippen LogP contribution in [0, 0.1) is 5.82 Å². The number of para-hydroxylation sites is 1. The maximum Gasteiger partial charge on any atom is 0.335 e. The molecule has 5 heteroatoms. The molecule has 0 unspecified atom stereocenters. The van der Waals surface area contributed by atoms with E-state index < -0.39 is 11.8 Å². The average molecular weight is 281 g/mol. The van der Waals surface area contributed by atoms with Crippen LogP contribution in [-0.4, -0.2) is 11.1 Å². The van der Waals surface area contributed by atoms with Crippen molar-refractivity contribution in [2.75, 3.05) is 0 Å². The Hall–Kier alpha value is -2.07. The summed E-state index contributed by atoms with van der Waals surface area (Å²) >= 11 is 5.82. The number of carboxylic acids is 1. The van der Waals surface area contributed by atoms with E-state index in [1.54, 1.807) is 12.1 Å². The van der Waals surface area contributed by atoms with Crippen molar-refractivity contribution >= 4 is 17.6 Å². The third-order valence-corrected chi connectivity index (χ3v) is 2.80. The van der Waals surface area contributed by atoms with Gasteiger partial charge in [0.15, 0.2) is 11.6 Å². The summed E-state index contributed by atoms with van der Waals surface area (Å²) < 4.78 is 18.7. The minimum Gasteiger partial charge on any atom is -0.484 e. The van der Waals surface area contributed by atoms with Crippen LogP contribution in [0.2, 0.25) is 5.02 Å². The standard InChI is InChI=1S/C14H10ClFO3/c15-11-2-1-3-12(16)13(11)19-8-9-4-6-10(7-5-9)14(17)18/h1-7H,8H2,(H,17,18). The number of benzene rings is 2. The van der Waals surface area contributed by atoms with Crippen molar-refractivity contribution in [3.8, 4) is 5.75 Å². The van der Waals surface area contributed by atoms with Crippen LogP contribution in [0.25, 0.3) is 0 Å². The van der Waals surface area contributed by atoms with E-state index in [2.05, 4.69) is 0 Å². The highest BCUT2D eigenvalue weighted by Crippen LogP contribution is 2.27. The molecule has 3 nitrogen and oxygen atoms in total. The molecule has 1 N–H and O–H groups in total. The van der Waals surface area contributed by atoms with Crippen LogP contribution >= 0.6 is 11.6 Å². The number of rotatable bonds is 4. The molecule has 0 saturated heterocycles.